The van der Waals surface area contributed by atoms with Crippen molar-refractivity contribution in [3.63, 3.8) is 0 Å². The highest BCUT2D eigenvalue weighted by atomic mass is 16.4. The van der Waals surface area contributed by atoms with E-state index in [-0.39, 0.29) is 22.6 Å². The number of nitrogens with two attached hydrogens (primary N) is 1. The summed E-state index contributed by atoms with van der Waals surface area (Å²) in [6.07, 6.45) is -11.5. The van der Waals surface area contributed by atoms with Crippen LogP contribution >= 0.6 is 0 Å². The molecule has 4 rings (SSSR count). The lowest BCUT2D eigenvalue weighted by atomic mass is 9.91. The zero-order valence-corrected chi connectivity index (χ0v) is 44.4. The third-order valence-corrected chi connectivity index (χ3v) is 14.8. The van der Waals surface area contributed by atoms with Crippen molar-refractivity contribution in [1.29, 1.82) is 0 Å². The fourth-order valence-electron chi connectivity index (χ4n) is 10.1. The van der Waals surface area contributed by atoms with E-state index >= 15 is 0 Å². The normalized spacial score (nSPS) is 30.5. The fraction of sp³-hybridized carbons (Fsp3) is 0.725. The smallest absolute Gasteiger partial charge is 0.278 e. The van der Waals surface area contributed by atoms with Crippen LogP contribution in [0.1, 0.15) is 130 Å². The van der Waals surface area contributed by atoms with Crippen LogP contribution in [0.25, 0.3) is 0 Å². The van der Waals surface area contributed by atoms with Gasteiger partial charge in [-0.2, -0.15) is 0 Å². The first-order chi connectivity index (χ1) is 36.1. The average Bonchev–Trinajstić information content (AvgIpc) is 3.88. The SMILES string of the molecule is CCC(C)CC(C)CCCCCCCCC(=O)N[C@@H]1C[C@@H](O)[C@@H](O)NC(=O)[C@]2(O)[C@@H](O)[C@@H](C)CN2C(=O)[C@H]([C@H](O)CC(N)=O)NC(=O)[C@H]([C@H](O)[C@@H](O)c2ccc(O)cc2)NC(=O)[C@@H]2C[C@@H](O)CN2C(=O)[C@H]([C@@H](C)O)NC1=O. The van der Waals surface area contributed by atoms with Crippen molar-refractivity contribution in [2.45, 2.75) is 203 Å². The summed E-state index contributed by atoms with van der Waals surface area (Å²) in [4.78, 5) is 113. The second kappa shape index (κ2) is 28.9. The third kappa shape index (κ3) is 17.0. The van der Waals surface area contributed by atoms with Crippen LogP contribution in [-0.4, -0.2) is 200 Å². The number of aliphatic hydroxyl groups excluding tert-OH is 8. The molecule has 77 heavy (non-hydrogen) atoms. The Kier molecular flexibility index (Phi) is 24.0. The Hall–Kier alpha value is -5.58. The molecule has 0 saturated carbocycles. The Bertz CT molecular complexity index is 2190. The number of hydrogen-bond donors (Lipinski definition) is 16. The van der Waals surface area contributed by atoms with E-state index in [1.54, 1.807) is 0 Å². The number of phenols is 1. The molecule has 0 radical (unpaired) electrons. The third-order valence-electron chi connectivity index (χ3n) is 14.8. The van der Waals surface area contributed by atoms with Gasteiger partial charge in [0.2, 0.25) is 41.2 Å². The van der Waals surface area contributed by atoms with Crippen LogP contribution in [0, 0.1) is 17.8 Å². The van der Waals surface area contributed by atoms with Crippen LogP contribution in [0.4, 0.5) is 0 Å². The highest BCUT2D eigenvalue weighted by Gasteiger charge is 2.60. The summed E-state index contributed by atoms with van der Waals surface area (Å²) in [7, 11) is 0. The van der Waals surface area contributed by atoms with Gasteiger partial charge in [0.05, 0.1) is 24.7 Å². The van der Waals surface area contributed by atoms with Crippen LogP contribution in [0.5, 0.6) is 5.75 Å². The van der Waals surface area contributed by atoms with Crippen molar-refractivity contribution in [3.8, 4) is 5.75 Å². The van der Waals surface area contributed by atoms with Gasteiger partial charge in [-0.25, -0.2) is 0 Å². The van der Waals surface area contributed by atoms with E-state index in [0.29, 0.717) is 24.7 Å². The first kappa shape index (κ1) is 63.9. The molecule has 0 spiro atoms. The maximum atomic E-state index is 14.6. The second-order valence-corrected chi connectivity index (χ2v) is 21.3. The number of nitrogens with zero attached hydrogens (tertiary/aromatic N) is 2. The molecule has 0 bridgehead atoms. The number of aliphatic hydroxyl groups is 9. The molecule has 2 unspecified atom stereocenters. The number of phenolic OH excluding ortho intramolecular Hbond substituents is 1. The molecular weight excluding hydrogens is 1010 g/mol. The number of carbonyl (C=O) groups excluding carboxylic acids is 8. The van der Waals surface area contributed by atoms with Gasteiger partial charge in [0.25, 0.3) is 11.8 Å². The molecule has 0 aromatic heterocycles. The Morgan fingerprint density at radius 2 is 1.36 bits per heavy atom. The number of rotatable bonds is 20. The molecule has 3 fully saturated rings. The Morgan fingerprint density at radius 3 is 1.97 bits per heavy atom. The Labute approximate surface area is 447 Å². The minimum Gasteiger partial charge on any atom is -0.508 e. The number of aromatic hydroxyl groups is 1. The summed E-state index contributed by atoms with van der Waals surface area (Å²) < 4.78 is 0. The van der Waals surface area contributed by atoms with Crippen molar-refractivity contribution >= 4 is 47.3 Å². The van der Waals surface area contributed by atoms with Crippen LogP contribution in [0.2, 0.25) is 0 Å². The Balaban J connectivity index is 1.74. The number of primary amides is 1. The van der Waals surface area contributed by atoms with E-state index in [2.05, 4.69) is 36.7 Å². The van der Waals surface area contributed by atoms with Crippen molar-refractivity contribution in [3.05, 3.63) is 29.8 Å². The van der Waals surface area contributed by atoms with Crippen LogP contribution in [-0.2, 0) is 38.4 Å². The van der Waals surface area contributed by atoms with Crippen molar-refractivity contribution in [2.75, 3.05) is 13.1 Å². The number of unbranched alkanes of at least 4 members (excludes halogenated alkanes) is 5. The van der Waals surface area contributed by atoms with Gasteiger partial charge in [-0.15, -0.1) is 0 Å². The quantitative estimate of drug-likeness (QED) is 0.0557. The number of hydrogen-bond acceptors (Lipinski definition) is 18. The first-order valence-corrected chi connectivity index (χ1v) is 26.5. The van der Waals surface area contributed by atoms with Crippen LogP contribution in [0.3, 0.4) is 0 Å². The van der Waals surface area contributed by atoms with E-state index < -0.39 is 170 Å². The van der Waals surface area contributed by atoms with E-state index in [4.69, 9.17) is 5.73 Å². The summed E-state index contributed by atoms with van der Waals surface area (Å²) >= 11 is 0. The van der Waals surface area contributed by atoms with E-state index in [1.807, 2.05) is 10.6 Å². The van der Waals surface area contributed by atoms with E-state index in [1.165, 1.54) is 13.3 Å². The van der Waals surface area contributed by atoms with Gasteiger partial charge in [-0.05, 0) is 49.3 Å². The summed E-state index contributed by atoms with van der Waals surface area (Å²) in [5, 5.41) is 123. The molecule has 26 nitrogen and oxygen atoms in total. The predicted molar refractivity (Wildman–Crippen MR) is 271 cm³/mol. The highest BCUT2D eigenvalue weighted by Crippen LogP contribution is 2.34. The Morgan fingerprint density at radius 1 is 0.766 bits per heavy atom. The van der Waals surface area contributed by atoms with Gasteiger partial charge in [0.1, 0.15) is 60.4 Å². The van der Waals surface area contributed by atoms with E-state index in [0.717, 1.165) is 74.6 Å². The van der Waals surface area contributed by atoms with E-state index in [9.17, 15) is 89.4 Å². The molecule has 17 atom stereocenters. The number of nitrogens with one attached hydrogen (secondary N) is 5. The van der Waals surface area contributed by atoms with Gasteiger partial charge in [0, 0.05) is 38.3 Å². The van der Waals surface area contributed by atoms with Crippen molar-refractivity contribution in [2.24, 2.45) is 23.5 Å². The van der Waals surface area contributed by atoms with Gasteiger partial charge in [-0.1, -0.05) is 84.8 Å². The zero-order chi connectivity index (χ0) is 57.6. The van der Waals surface area contributed by atoms with Gasteiger partial charge in [0.15, 0.2) is 6.23 Å². The lowest BCUT2D eigenvalue weighted by molar-refractivity contribution is -0.189. The maximum Gasteiger partial charge on any atom is 0.278 e. The summed E-state index contributed by atoms with van der Waals surface area (Å²) in [5.41, 5.74) is 1.76. The van der Waals surface area contributed by atoms with Gasteiger partial charge < -0.3 is 93.2 Å². The number of fused-ring (bicyclic) bond motifs is 2. The fourth-order valence-corrected chi connectivity index (χ4v) is 10.1. The molecule has 1 aromatic rings. The van der Waals surface area contributed by atoms with Crippen LogP contribution < -0.4 is 32.3 Å². The lowest BCUT2D eigenvalue weighted by Crippen LogP contribution is -2.69. The predicted octanol–water partition coefficient (Wildman–Crippen LogP) is -3.78. The monoisotopic (exact) mass is 1090 g/mol. The topological polar surface area (TPSA) is 432 Å². The summed E-state index contributed by atoms with van der Waals surface area (Å²) in [6.45, 7) is 7.67. The molecule has 3 saturated heterocycles. The van der Waals surface area contributed by atoms with Crippen molar-refractivity contribution < 1.29 is 89.4 Å². The van der Waals surface area contributed by atoms with Gasteiger partial charge >= 0.3 is 0 Å². The molecule has 434 valence electrons. The highest BCUT2D eigenvalue weighted by molar-refractivity contribution is 5.99. The average molecular weight is 1100 g/mol. The summed E-state index contributed by atoms with van der Waals surface area (Å²) in [5.74, 6) is -10.9. The minimum absolute atomic E-state index is 0.118. The molecule has 17 N–H and O–H groups in total. The number of carbonyl (C=O) groups is 8. The number of amides is 8. The molecule has 8 amide bonds. The standard InChI is InChI=1S/C51H82N8O18/c1-6-25(2)19-26(3)13-11-9-7-8-10-12-14-37(66)53-32-21-35(64)46(72)57-50(76)51(77)43(69)27(4)23-59(51)49(75)39(34(63)22-36(52)65)55-47(73)40(42(68)41(67)29-15-17-30(61)18-16-29)56-45(71)33-20-31(62)24-58(33)48(74)38(28(5)60)54-44(32)70/h15-18,25-28,31-35,38-43,46,60-64,67-69,72,77H,6-14,19-24H2,1-5H3,(H2,52,65)(H,53,66)(H,54,70)(H,55,73)(H,56,71)(H,57,76)/t25?,26?,27-,28+,31+,32+,33-,34+,35+,38-,39-,40-,41-,42-,43-,46+,51+/m0/s1. The van der Waals surface area contributed by atoms with Crippen LogP contribution in [0.15, 0.2) is 24.3 Å². The molecule has 3 heterocycles. The molecule has 26 heteroatoms. The molecule has 0 aliphatic carbocycles. The molecule has 1 aromatic carbocycles. The lowest BCUT2D eigenvalue weighted by Gasteiger charge is -2.38. The molecule has 3 aliphatic heterocycles. The maximum absolute atomic E-state index is 14.6. The first-order valence-electron chi connectivity index (χ1n) is 26.5. The zero-order valence-electron chi connectivity index (χ0n) is 44.4. The molecule has 3 aliphatic rings. The minimum atomic E-state index is -3.41. The van der Waals surface area contributed by atoms with Crippen molar-refractivity contribution in [1.82, 2.24) is 36.4 Å². The largest absolute Gasteiger partial charge is 0.508 e. The molecular formula is C51H82N8O18. The number of benzene rings is 1. The van der Waals surface area contributed by atoms with Gasteiger partial charge in [-0.3, -0.25) is 38.4 Å². The summed E-state index contributed by atoms with van der Waals surface area (Å²) in [6, 6.07) is -5.98. The second-order valence-electron chi connectivity index (χ2n) is 21.3.